The van der Waals surface area contributed by atoms with E-state index in [2.05, 4.69) is 4.74 Å². The molecule has 0 saturated heterocycles. The van der Waals surface area contributed by atoms with Gasteiger partial charge in [-0.1, -0.05) is 0 Å². The molecule has 0 N–H and O–H groups in total. The van der Waals surface area contributed by atoms with E-state index in [0.29, 0.717) is 0 Å². The number of ether oxygens (including phenoxy) is 1. The fourth-order valence-electron chi connectivity index (χ4n) is 0.443. The number of Topliss-reactive ketones (excluding diaryl/α,β-unsaturated/α-hetero) is 1. The van der Waals surface area contributed by atoms with E-state index in [1.165, 1.54) is 6.92 Å². The number of esters is 1. The summed E-state index contributed by atoms with van der Waals surface area (Å²) in [4.78, 5) is 20.5. The molecule has 0 aromatic rings. The molecule has 0 heterocycles. The minimum atomic E-state index is -4.95. The number of hydrogen-bond donors (Lipinski definition) is 0. The third-order valence-electron chi connectivity index (χ3n) is 0.926. The van der Waals surface area contributed by atoms with Crippen molar-refractivity contribution < 1.29 is 58.5 Å². The Morgan fingerprint density at radius 1 is 1.38 bits per heavy atom. The van der Waals surface area contributed by atoms with E-state index in [1.54, 1.807) is 0 Å². The van der Waals surface area contributed by atoms with Crippen molar-refractivity contribution in [2.45, 2.75) is 19.5 Å². The SMILES string of the molecule is CCOC(=O)CC(=O)C(F)(F)F.[H-].[Na+]. The summed E-state index contributed by atoms with van der Waals surface area (Å²) in [7, 11) is 0. The number of carbonyl (C=O) groups excluding carboxylic acids is 2. The molecular weight excluding hydrogens is 200 g/mol. The summed E-state index contributed by atoms with van der Waals surface area (Å²) < 4.78 is 38.6. The van der Waals surface area contributed by atoms with Gasteiger partial charge in [-0.15, -0.1) is 0 Å². The van der Waals surface area contributed by atoms with Gasteiger partial charge in [0.05, 0.1) is 6.61 Å². The molecule has 0 aliphatic carbocycles. The van der Waals surface area contributed by atoms with Crippen molar-refractivity contribution in [2.24, 2.45) is 0 Å². The Morgan fingerprint density at radius 3 is 2.15 bits per heavy atom. The van der Waals surface area contributed by atoms with Gasteiger partial charge in [-0.25, -0.2) is 0 Å². The second-order valence-corrected chi connectivity index (χ2v) is 1.90. The Bertz CT molecular complexity index is 195. The smallest absolute Gasteiger partial charge is 1.00 e. The van der Waals surface area contributed by atoms with Crippen LogP contribution in [0.5, 0.6) is 0 Å². The zero-order valence-electron chi connectivity index (χ0n) is 8.27. The predicted molar refractivity (Wildman–Crippen MR) is 33.4 cm³/mol. The molecule has 0 rings (SSSR count). The molecule has 0 aliphatic heterocycles. The minimum absolute atomic E-state index is 0. The van der Waals surface area contributed by atoms with Crippen LogP contribution in [0.1, 0.15) is 14.8 Å². The van der Waals surface area contributed by atoms with Crippen LogP contribution >= 0.6 is 0 Å². The van der Waals surface area contributed by atoms with E-state index < -0.39 is 24.3 Å². The zero-order valence-corrected chi connectivity index (χ0v) is 9.27. The third-order valence-corrected chi connectivity index (χ3v) is 0.926. The van der Waals surface area contributed by atoms with Gasteiger partial charge in [0.2, 0.25) is 5.78 Å². The van der Waals surface area contributed by atoms with Gasteiger partial charge in [-0.05, 0) is 6.92 Å². The van der Waals surface area contributed by atoms with Crippen molar-refractivity contribution in [2.75, 3.05) is 6.61 Å². The Morgan fingerprint density at radius 2 is 1.85 bits per heavy atom. The van der Waals surface area contributed by atoms with Gasteiger partial charge in [0.1, 0.15) is 6.42 Å². The third kappa shape index (κ3) is 7.04. The van der Waals surface area contributed by atoms with E-state index in [0.717, 1.165) is 0 Å². The normalized spacial score (nSPS) is 10.2. The summed E-state index contributed by atoms with van der Waals surface area (Å²) in [6.45, 7) is 1.40. The van der Waals surface area contributed by atoms with Crippen LogP contribution in [0, 0.1) is 0 Å². The number of hydrogen-bond acceptors (Lipinski definition) is 3. The summed E-state index contributed by atoms with van der Waals surface area (Å²) in [5.74, 6) is -3.24. The first kappa shape index (κ1) is 15.4. The fraction of sp³-hybridized carbons (Fsp3) is 0.667. The van der Waals surface area contributed by atoms with Crippen molar-refractivity contribution in [3.05, 3.63) is 0 Å². The van der Waals surface area contributed by atoms with Crippen molar-refractivity contribution in [3.8, 4) is 0 Å². The number of halogens is 3. The molecule has 0 aliphatic rings. The number of alkyl halides is 3. The predicted octanol–water partition coefficient (Wildman–Crippen LogP) is -1.81. The van der Waals surface area contributed by atoms with E-state index >= 15 is 0 Å². The second-order valence-electron chi connectivity index (χ2n) is 1.90. The van der Waals surface area contributed by atoms with Crippen LogP contribution in [0.3, 0.4) is 0 Å². The van der Waals surface area contributed by atoms with Gasteiger partial charge in [0.15, 0.2) is 0 Å². The maximum Gasteiger partial charge on any atom is 1.00 e. The van der Waals surface area contributed by atoms with Crippen LogP contribution in [0.25, 0.3) is 0 Å². The minimum Gasteiger partial charge on any atom is -1.00 e. The molecule has 0 bridgehead atoms. The quantitative estimate of drug-likeness (QED) is 0.312. The first-order valence-electron chi connectivity index (χ1n) is 3.13. The maximum atomic E-state index is 11.5. The Balaban J connectivity index is -0.000000605. The number of carbonyl (C=O) groups is 2. The summed E-state index contributed by atoms with van der Waals surface area (Å²) in [5.41, 5.74) is 0. The molecular formula is C6H8F3NaO3. The molecule has 0 aromatic heterocycles. The maximum absolute atomic E-state index is 11.5. The summed E-state index contributed by atoms with van der Waals surface area (Å²) in [6.07, 6.45) is -6.19. The van der Waals surface area contributed by atoms with Crippen LogP contribution in [-0.4, -0.2) is 24.5 Å². The average Bonchev–Trinajstić information content (AvgIpc) is 1.85. The topological polar surface area (TPSA) is 43.4 Å². The van der Waals surface area contributed by atoms with Crippen LogP contribution in [0.15, 0.2) is 0 Å². The van der Waals surface area contributed by atoms with Gasteiger partial charge < -0.3 is 6.16 Å². The van der Waals surface area contributed by atoms with Crippen LogP contribution < -0.4 is 29.6 Å². The molecule has 7 heteroatoms. The largest absolute Gasteiger partial charge is 1.00 e. The van der Waals surface area contributed by atoms with Crippen molar-refractivity contribution in [1.82, 2.24) is 0 Å². The Hall–Kier alpha value is -0.0700. The second kappa shape index (κ2) is 6.39. The molecule has 0 spiro atoms. The molecule has 0 unspecified atom stereocenters. The fourth-order valence-corrected chi connectivity index (χ4v) is 0.443. The summed E-state index contributed by atoms with van der Waals surface area (Å²) in [5, 5.41) is 0. The first-order chi connectivity index (χ1) is 5.38. The first-order valence-corrected chi connectivity index (χ1v) is 3.13. The molecule has 0 radical (unpaired) electrons. The van der Waals surface area contributed by atoms with E-state index in [1.807, 2.05) is 0 Å². The monoisotopic (exact) mass is 208 g/mol. The van der Waals surface area contributed by atoms with Crippen molar-refractivity contribution in [1.29, 1.82) is 0 Å². The van der Waals surface area contributed by atoms with Gasteiger partial charge >= 0.3 is 41.7 Å². The summed E-state index contributed by atoms with van der Waals surface area (Å²) in [6, 6.07) is 0. The van der Waals surface area contributed by atoms with Crippen molar-refractivity contribution in [3.63, 3.8) is 0 Å². The standard InChI is InChI=1S/C6H7F3O3.Na.H/c1-2-12-5(11)3-4(10)6(7,8)9;;/h2-3H2,1H3;;/q;+1;-1. The molecule has 72 valence electrons. The summed E-state index contributed by atoms with van der Waals surface area (Å²) >= 11 is 0. The van der Waals surface area contributed by atoms with E-state index in [9.17, 15) is 22.8 Å². The van der Waals surface area contributed by atoms with E-state index in [-0.39, 0.29) is 37.6 Å². The van der Waals surface area contributed by atoms with Crippen LogP contribution in [0.4, 0.5) is 13.2 Å². The Labute approximate surface area is 96.4 Å². The van der Waals surface area contributed by atoms with Crippen LogP contribution in [-0.2, 0) is 14.3 Å². The van der Waals surface area contributed by atoms with Gasteiger partial charge in [-0.2, -0.15) is 13.2 Å². The molecule has 13 heavy (non-hydrogen) atoms. The number of ketones is 1. The average molecular weight is 208 g/mol. The molecule has 0 fully saturated rings. The van der Waals surface area contributed by atoms with E-state index in [4.69, 9.17) is 0 Å². The van der Waals surface area contributed by atoms with Gasteiger partial charge in [-0.3, -0.25) is 9.59 Å². The van der Waals surface area contributed by atoms with Crippen molar-refractivity contribution >= 4 is 11.8 Å². The zero-order chi connectivity index (χ0) is 9.78. The van der Waals surface area contributed by atoms with Gasteiger partial charge in [0, 0.05) is 0 Å². The van der Waals surface area contributed by atoms with Gasteiger partial charge in [0.25, 0.3) is 0 Å². The molecule has 0 atom stereocenters. The molecule has 0 aromatic carbocycles. The number of rotatable bonds is 3. The molecule has 3 nitrogen and oxygen atoms in total. The van der Waals surface area contributed by atoms with Crippen LogP contribution in [0.2, 0.25) is 0 Å². The molecule has 0 saturated carbocycles. The Kier molecular flexibility index (Phi) is 7.58. The molecule has 0 amide bonds.